The fraction of sp³-hybridized carbons (Fsp3) is 0.600. The molecule has 146 valence electrons. The van der Waals surface area contributed by atoms with E-state index in [9.17, 15) is 4.39 Å². The third-order valence-corrected chi connectivity index (χ3v) is 5.89. The average Bonchev–Trinajstić information content (AvgIpc) is 3.37. The molecule has 2 aromatic rings. The topological polar surface area (TPSA) is 57.4 Å². The summed E-state index contributed by atoms with van der Waals surface area (Å²) in [4.78, 5) is 4.96. The van der Waals surface area contributed by atoms with Crippen molar-refractivity contribution < 1.29 is 9.50 Å². The van der Waals surface area contributed by atoms with Crippen molar-refractivity contribution in [2.45, 2.75) is 44.2 Å². The van der Waals surface area contributed by atoms with Crippen LogP contribution in [0.3, 0.4) is 0 Å². The van der Waals surface area contributed by atoms with Crippen molar-refractivity contribution in [3.8, 4) is 0 Å². The molecule has 1 aromatic carbocycles. The molecule has 2 saturated heterocycles. The van der Waals surface area contributed by atoms with Crippen molar-refractivity contribution in [1.29, 1.82) is 0 Å². The van der Waals surface area contributed by atoms with E-state index in [-0.39, 0.29) is 12.4 Å². The summed E-state index contributed by atoms with van der Waals surface area (Å²) in [6.45, 7) is 4.41. The predicted octanol–water partition coefficient (Wildman–Crippen LogP) is 2.26. The Morgan fingerprint density at radius 1 is 1.04 bits per heavy atom. The van der Waals surface area contributed by atoms with E-state index in [0.717, 1.165) is 69.7 Å². The summed E-state index contributed by atoms with van der Waals surface area (Å²) >= 11 is 0. The average molecular weight is 373 g/mol. The molecule has 2 aliphatic rings. The first-order valence-electron chi connectivity index (χ1n) is 9.99. The number of aryl methyl sites for hydroxylation is 1. The Bertz CT molecular complexity index is 726. The van der Waals surface area contributed by atoms with Crippen molar-refractivity contribution in [2.75, 3.05) is 37.7 Å². The number of halogens is 1. The zero-order valence-corrected chi connectivity index (χ0v) is 15.7. The smallest absolute Gasteiger partial charge is 0.123 e. The van der Waals surface area contributed by atoms with Crippen molar-refractivity contribution >= 4 is 5.69 Å². The molecule has 2 aliphatic heterocycles. The van der Waals surface area contributed by atoms with Gasteiger partial charge < -0.3 is 10.0 Å². The SMILES string of the molecule is OCCCc1cn(C2CCN([C@@H]3CCN(c4ccc(F)cc4)C3)CC2)nn1. The number of aliphatic hydroxyl groups excluding tert-OH is 1. The Morgan fingerprint density at radius 3 is 2.52 bits per heavy atom. The molecule has 0 bridgehead atoms. The first-order chi connectivity index (χ1) is 13.2. The Balaban J connectivity index is 1.28. The molecule has 1 N–H and O–H groups in total. The lowest BCUT2D eigenvalue weighted by atomic mass is 10.0. The van der Waals surface area contributed by atoms with Gasteiger partial charge in [-0.15, -0.1) is 5.10 Å². The van der Waals surface area contributed by atoms with Crippen LogP contribution in [-0.4, -0.2) is 63.8 Å². The maximum atomic E-state index is 13.1. The van der Waals surface area contributed by atoms with Gasteiger partial charge in [-0.3, -0.25) is 4.90 Å². The van der Waals surface area contributed by atoms with Crippen LogP contribution in [0.4, 0.5) is 10.1 Å². The second kappa shape index (κ2) is 8.35. The number of aliphatic hydroxyl groups is 1. The molecular formula is C20H28FN5O. The Labute approximate surface area is 159 Å². The minimum atomic E-state index is -0.177. The van der Waals surface area contributed by atoms with Gasteiger partial charge in [-0.2, -0.15) is 0 Å². The molecule has 1 aromatic heterocycles. The van der Waals surface area contributed by atoms with Crippen LogP contribution in [0.2, 0.25) is 0 Å². The number of likely N-dealkylation sites (tertiary alicyclic amines) is 1. The van der Waals surface area contributed by atoms with E-state index < -0.39 is 0 Å². The largest absolute Gasteiger partial charge is 0.396 e. The van der Waals surface area contributed by atoms with Crippen molar-refractivity contribution in [3.63, 3.8) is 0 Å². The van der Waals surface area contributed by atoms with Crippen LogP contribution < -0.4 is 4.90 Å². The summed E-state index contributed by atoms with van der Waals surface area (Å²) in [5.74, 6) is -0.177. The number of hydrogen-bond acceptors (Lipinski definition) is 5. The molecule has 4 rings (SSSR count). The minimum absolute atomic E-state index is 0.177. The molecule has 0 radical (unpaired) electrons. The summed E-state index contributed by atoms with van der Waals surface area (Å²) in [6, 6.07) is 7.84. The Kier molecular flexibility index (Phi) is 5.69. The molecule has 2 fully saturated rings. The van der Waals surface area contributed by atoms with Gasteiger partial charge in [0.25, 0.3) is 0 Å². The number of benzene rings is 1. The van der Waals surface area contributed by atoms with Gasteiger partial charge in [0.05, 0.1) is 11.7 Å². The molecule has 0 saturated carbocycles. The molecule has 0 aliphatic carbocycles. The van der Waals surface area contributed by atoms with Gasteiger partial charge in [-0.05, 0) is 56.4 Å². The van der Waals surface area contributed by atoms with E-state index in [1.165, 1.54) is 0 Å². The fourth-order valence-corrected chi connectivity index (χ4v) is 4.31. The van der Waals surface area contributed by atoms with E-state index in [0.29, 0.717) is 12.1 Å². The Morgan fingerprint density at radius 2 is 1.78 bits per heavy atom. The van der Waals surface area contributed by atoms with E-state index in [1.807, 2.05) is 23.0 Å². The second-order valence-electron chi connectivity index (χ2n) is 7.65. The molecule has 0 amide bonds. The zero-order chi connectivity index (χ0) is 18.6. The lowest BCUT2D eigenvalue weighted by Crippen LogP contribution is -2.43. The molecule has 27 heavy (non-hydrogen) atoms. The highest BCUT2D eigenvalue weighted by Gasteiger charge is 2.31. The van der Waals surface area contributed by atoms with E-state index in [4.69, 9.17) is 5.11 Å². The Hall–Kier alpha value is -1.99. The summed E-state index contributed by atoms with van der Waals surface area (Å²) in [5, 5.41) is 17.5. The number of nitrogens with zero attached hydrogens (tertiary/aromatic N) is 5. The predicted molar refractivity (Wildman–Crippen MR) is 102 cm³/mol. The molecule has 0 spiro atoms. The number of rotatable bonds is 6. The fourth-order valence-electron chi connectivity index (χ4n) is 4.31. The highest BCUT2D eigenvalue weighted by atomic mass is 19.1. The van der Waals surface area contributed by atoms with Gasteiger partial charge in [0.1, 0.15) is 5.82 Å². The van der Waals surface area contributed by atoms with E-state index in [1.54, 1.807) is 12.1 Å². The lowest BCUT2D eigenvalue weighted by molar-refractivity contribution is 0.138. The highest BCUT2D eigenvalue weighted by molar-refractivity contribution is 5.47. The van der Waals surface area contributed by atoms with Crippen LogP contribution >= 0.6 is 0 Å². The van der Waals surface area contributed by atoms with Crippen molar-refractivity contribution in [3.05, 3.63) is 42.0 Å². The van der Waals surface area contributed by atoms with Gasteiger partial charge in [0.2, 0.25) is 0 Å². The van der Waals surface area contributed by atoms with E-state index >= 15 is 0 Å². The maximum absolute atomic E-state index is 13.1. The van der Waals surface area contributed by atoms with Crippen LogP contribution in [-0.2, 0) is 6.42 Å². The molecule has 0 unspecified atom stereocenters. The van der Waals surface area contributed by atoms with Crippen LogP contribution in [0, 0.1) is 5.82 Å². The quantitative estimate of drug-likeness (QED) is 0.842. The zero-order valence-electron chi connectivity index (χ0n) is 15.7. The number of piperidine rings is 1. The standard InChI is InChI=1S/C20H28FN5O/c21-16-3-5-18(6-4-16)25-12-9-20(15-25)24-10-7-19(8-11-24)26-14-17(22-23-26)2-1-13-27/h3-6,14,19-20,27H,1-2,7-13,15H2/t20-/m1/s1. The van der Waals surface area contributed by atoms with Crippen LogP contribution in [0.5, 0.6) is 0 Å². The van der Waals surface area contributed by atoms with Gasteiger partial charge in [0.15, 0.2) is 0 Å². The monoisotopic (exact) mass is 373 g/mol. The van der Waals surface area contributed by atoms with Gasteiger partial charge >= 0.3 is 0 Å². The van der Waals surface area contributed by atoms with Crippen LogP contribution in [0.1, 0.15) is 37.4 Å². The highest BCUT2D eigenvalue weighted by Crippen LogP contribution is 2.28. The normalized spacial score (nSPS) is 21.9. The van der Waals surface area contributed by atoms with Crippen LogP contribution in [0.15, 0.2) is 30.5 Å². The van der Waals surface area contributed by atoms with Crippen LogP contribution in [0.25, 0.3) is 0 Å². The molecule has 1 atom stereocenters. The minimum Gasteiger partial charge on any atom is -0.396 e. The van der Waals surface area contributed by atoms with Gasteiger partial charge in [-0.25, -0.2) is 9.07 Å². The summed E-state index contributed by atoms with van der Waals surface area (Å²) < 4.78 is 15.1. The molecular weight excluding hydrogens is 345 g/mol. The first kappa shape index (κ1) is 18.4. The molecule has 6 nitrogen and oxygen atoms in total. The third kappa shape index (κ3) is 4.30. The second-order valence-corrected chi connectivity index (χ2v) is 7.65. The van der Waals surface area contributed by atoms with Crippen molar-refractivity contribution in [1.82, 2.24) is 19.9 Å². The van der Waals surface area contributed by atoms with E-state index in [2.05, 4.69) is 20.1 Å². The third-order valence-electron chi connectivity index (χ3n) is 5.89. The summed E-state index contributed by atoms with van der Waals surface area (Å²) in [7, 11) is 0. The summed E-state index contributed by atoms with van der Waals surface area (Å²) in [5.41, 5.74) is 2.09. The summed E-state index contributed by atoms with van der Waals surface area (Å²) in [6.07, 6.45) is 6.92. The maximum Gasteiger partial charge on any atom is 0.123 e. The number of hydrogen-bond donors (Lipinski definition) is 1. The number of anilines is 1. The van der Waals surface area contributed by atoms with Gasteiger partial charge in [-0.1, -0.05) is 5.21 Å². The molecule has 3 heterocycles. The van der Waals surface area contributed by atoms with Crippen molar-refractivity contribution in [2.24, 2.45) is 0 Å². The first-order valence-corrected chi connectivity index (χ1v) is 9.99. The number of aromatic nitrogens is 3. The van der Waals surface area contributed by atoms with Gasteiger partial charge in [0, 0.05) is 50.7 Å². The molecule has 7 heteroatoms. The lowest BCUT2D eigenvalue weighted by Gasteiger charge is -2.35.